The second kappa shape index (κ2) is 4.48. The van der Waals surface area contributed by atoms with Crippen molar-refractivity contribution in [3.63, 3.8) is 0 Å². The van der Waals surface area contributed by atoms with Gasteiger partial charge in [-0.25, -0.2) is 0 Å². The third-order valence-corrected chi connectivity index (χ3v) is 1.43. The molecule has 68 valence electrons. The number of allylic oxidation sites excluding steroid dienone is 1. The van der Waals surface area contributed by atoms with Crippen LogP contribution in [0.3, 0.4) is 0 Å². The average molecular weight is 185 g/mol. The van der Waals surface area contributed by atoms with E-state index in [1.165, 1.54) is 0 Å². The SMILES string of the molecule is N#CC(C#N)=C(N)Nc1cccnc1. The van der Waals surface area contributed by atoms with Crippen LogP contribution in [0.1, 0.15) is 0 Å². The number of hydrogen-bond acceptors (Lipinski definition) is 5. The molecule has 5 heteroatoms. The van der Waals surface area contributed by atoms with Gasteiger partial charge in [-0.3, -0.25) is 4.98 Å². The van der Waals surface area contributed by atoms with Gasteiger partial charge in [-0.15, -0.1) is 0 Å². The van der Waals surface area contributed by atoms with Crippen molar-refractivity contribution < 1.29 is 0 Å². The number of anilines is 1. The lowest BCUT2D eigenvalue weighted by atomic mass is 10.3. The van der Waals surface area contributed by atoms with Crippen molar-refractivity contribution >= 4 is 5.69 Å². The summed E-state index contributed by atoms with van der Waals surface area (Å²) in [7, 11) is 0. The topological polar surface area (TPSA) is 98.5 Å². The first kappa shape index (κ1) is 9.56. The molecule has 1 heterocycles. The summed E-state index contributed by atoms with van der Waals surface area (Å²) in [6, 6.07) is 6.81. The van der Waals surface area contributed by atoms with Crippen molar-refractivity contribution in [3.05, 3.63) is 35.9 Å². The largest absolute Gasteiger partial charge is 0.384 e. The van der Waals surface area contributed by atoms with Gasteiger partial charge in [0.2, 0.25) is 0 Å². The van der Waals surface area contributed by atoms with Gasteiger partial charge in [0.05, 0.1) is 11.9 Å². The Labute approximate surface area is 81.1 Å². The van der Waals surface area contributed by atoms with Crippen LogP contribution < -0.4 is 11.1 Å². The highest BCUT2D eigenvalue weighted by molar-refractivity contribution is 5.51. The minimum absolute atomic E-state index is 0.0306. The van der Waals surface area contributed by atoms with E-state index in [4.69, 9.17) is 16.3 Å². The van der Waals surface area contributed by atoms with Gasteiger partial charge in [-0.1, -0.05) is 0 Å². The van der Waals surface area contributed by atoms with E-state index in [-0.39, 0.29) is 11.4 Å². The van der Waals surface area contributed by atoms with E-state index in [0.717, 1.165) is 0 Å². The number of nitrogens with zero attached hydrogens (tertiary/aromatic N) is 3. The van der Waals surface area contributed by atoms with E-state index < -0.39 is 0 Å². The summed E-state index contributed by atoms with van der Waals surface area (Å²) in [6.45, 7) is 0. The lowest BCUT2D eigenvalue weighted by Gasteiger charge is -2.04. The zero-order valence-electron chi connectivity index (χ0n) is 7.23. The molecule has 1 rings (SSSR count). The van der Waals surface area contributed by atoms with E-state index in [2.05, 4.69) is 10.3 Å². The van der Waals surface area contributed by atoms with Crippen molar-refractivity contribution in [1.82, 2.24) is 4.98 Å². The van der Waals surface area contributed by atoms with Crippen LogP contribution in [0.4, 0.5) is 5.69 Å². The maximum absolute atomic E-state index is 8.51. The first-order valence-corrected chi connectivity index (χ1v) is 3.75. The predicted octanol–water partition coefficient (Wildman–Crippen LogP) is 0.711. The molecule has 0 saturated heterocycles. The molecular weight excluding hydrogens is 178 g/mol. The van der Waals surface area contributed by atoms with E-state index in [9.17, 15) is 0 Å². The lowest BCUT2D eigenvalue weighted by Crippen LogP contribution is -2.11. The molecule has 1 aromatic rings. The fourth-order valence-electron chi connectivity index (χ4n) is 0.800. The van der Waals surface area contributed by atoms with Crippen molar-refractivity contribution in [2.45, 2.75) is 0 Å². The van der Waals surface area contributed by atoms with Crippen molar-refractivity contribution in [3.8, 4) is 12.1 Å². The molecule has 0 aliphatic carbocycles. The van der Waals surface area contributed by atoms with Crippen molar-refractivity contribution in [2.75, 3.05) is 5.32 Å². The summed E-state index contributed by atoms with van der Waals surface area (Å²) in [5.41, 5.74) is 5.95. The molecule has 3 N–H and O–H groups in total. The third kappa shape index (κ3) is 2.23. The summed E-state index contributed by atoms with van der Waals surface area (Å²) < 4.78 is 0. The first-order valence-electron chi connectivity index (χ1n) is 3.75. The number of rotatable bonds is 2. The zero-order chi connectivity index (χ0) is 10.4. The molecule has 0 atom stereocenters. The number of hydrogen-bond donors (Lipinski definition) is 2. The van der Waals surface area contributed by atoms with E-state index >= 15 is 0 Å². The molecule has 1 aromatic heterocycles. The second-order valence-electron chi connectivity index (χ2n) is 2.38. The molecule has 14 heavy (non-hydrogen) atoms. The minimum Gasteiger partial charge on any atom is -0.384 e. The molecule has 0 aliphatic rings. The van der Waals surface area contributed by atoms with Gasteiger partial charge < -0.3 is 11.1 Å². The van der Waals surface area contributed by atoms with Crippen LogP contribution in [0, 0.1) is 22.7 Å². The Morgan fingerprint density at radius 3 is 2.64 bits per heavy atom. The Bertz CT molecular complexity index is 405. The molecule has 0 radical (unpaired) electrons. The number of nitrogens with two attached hydrogens (primary N) is 1. The first-order chi connectivity index (χ1) is 6.77. The van der Waals surface area contributed by atoms with Crippen LogP contribution in [-0.2, 0) is 0 Å². The highest BCUT2D eigenvalue weighted by Gasteiger charge is 2.01. The monoisotopic (exact) mass is 185 g/mol. The van der Waals surface area contributed by atoms with Crippen LogP contribution in [-0.4, -0.2) is 4.98 Å². The van der Waals surface area contributed by atoms with Gasteiger partial charge in [0.15, 0.2) is 5.57 Å². The summed E-state index contributed by atoms with van der Waals surface area (Å²) in [5, 5.41) is 19.7. The molecule has 5 nitrogen and oxygen atoms in total. The van der Waals surface area contributed by atoms with Gasteiger partial charge in [0, 0.05) is 6.20 Å². The Morgan fingerprint density at radius 1 is 1.43 bits per heavy atom. The van der Waals surface area contributed by atoms with Gasteiger partial charge in [0.25, 0.3) is 0 Å². The minimum atomic E-state index is -0.145. The molecule has 0 amide bonds. The number of nitrogens with one attached hydrogen (secondary N) is 1. The van der Waals surface area contributed by atoms with Crippen LogP contribution in [0.2, 0.25) is 0 Å². The highest BCUT2D eigenvalue weighted by atomic mass is 15.0. The van der Waals surface area contributed by atoms with Crippen LogP contribution in [0.25, 0.3) is 0 Å². The number of aromatic nitrogens is 1. The summed E-state index contributed by atoms with van der Waals surface area (Å²) in [4.78, 5) is 3.84. The molecular formula is C9H7N5. The molecule has 0 aromatic carbocycles. The summed E-state index contributed by atoms with van der Waals surface area (Å²) in [5.74, 6) is 0.0306. The molecule has 0 fully saturated rings. The van der Waals surface area contributed by atoms with Crippen LogP contribution >= 0.6 is 0 Å². The number of nitriles is 2. The molecule has 0 bridgehead atoms. The Balaban J connectivity index is 2.87. The molecule has 0 spiro atoms. The van der Waals surface area contributed by atoms with Gasteiger partial charge >= 0.3 is 0 Å². The fourth-order valence-corrected chi connectivity index (χ4v) is 0.800. The van der Waals surface area contributed by atoms with E-state index in [0.29, 0.717) is 5.69 Å². The van der Waals surface area contributed by atoms with Gasteiger partial charge in [0.1, 0.15) is 18.0 Å². The van der Waals surface area contributed by atoms with Crippen LogP contribution in [0.15, 0.2) is 35.9 Å². The maximum Gasteiger partial charge on any atom is 0.169 e. The summed E-state index contributed by atoms with van der Waals surface area (Å²) in [6.07, 6.45) is 3.15. The standard InChI is InChI=1S/C9H7N5/c10-4-7(5-11)9(12)14-8-2-1-3-13-6-8/h1-3,6,14H,12H2. The van der Waals surface area contributed by atoms with Crippen molar-refractivity contribution in [1.29, 1.82) is 10.5 Å². The van der Waals surface area contributed by atoms with E-state index in [1.54, 1.807) is 36.7 Å². The molecule has 0 unspecified atom stereocenters. The maximum atomic E-state index is 8.51. The van der Waals surface area contributed by atoms with Crippen molar-refractivity contribution in [2.24, 2.45) is 5.73 Å². The summed E-state index contributed by atoms with van der Waals surface area (Å²) >= 11 is 0. The smallest absolute Gasteiger partial charge is 0.169 e. The molecule has 0 aliphatic heterocycles. The normalized spacial score (nSPS) is 8.14. The number of pyridine rings is 1. The zero-order valence-corrected chi connectivity index (χ0v) is 7.23. The lowest BCUT2D eigenvalue weighted by molar-refractivity contribution is 1.24. The van der Waals surface area contributed by atoms with Crippen LogP contribution in [0.5, 0.6) is 0 Å². The Hall–Kier alpha value is -2.53. The average Bonchev–Trinajstić information content (AvgIpc) is 2.21. The quantitative estimate of drug-likeness (QED) is 0.661. The molecule has 0 saturated carbocycles. The predicted molar refractivity (Wildman–Crippen MR) is 50.3 cm³/mol. The Morgan fingerprint density at radius 2 is 2.14 bits per heavy atom. The van der Waals surface area contributed by atoms with E-state index in [1.807, 2.05) is 0 Å². The van der Waals surface area contributed by atoms with Gasteiger partial charge in [-0.2, -0.15) is 10.5 Å². The fraction of sp³-hybridized carbons (Fsp3) is 0. The second-order valence-corrected chi connectivity index (χ2v) is 2.38. The van der Waals surface area contributed by atoms with Gasteiger partial charge in [-0.05, 0) is 12.1 Å². The Kier molecular flexibility index (Phi) is 3.06. The third-order valence-electron chi connectivity index (χ3n) is 1.43. The highest BCUT2D eigenvalue weighted by Crippen LogP contribution is 2.06.